The fourth-order valence-electron chi connectivity index (χ4n) is 2.21. The van der Waals surface area contributed by atoms with Gasteiger partial charge >= 0.3 is 0 Å². The van der Waals surface area contributed by atoms with Gasteiger partial charge in [-0.1, -0.05) is 17.7 Å². The van der Waals surface area contributed by atoms with Crippen LogP contribution in [0.2, 0.25) is 5.02 Å². The molecular weight excluding hydrogens is 291 g/mol. The number of aromatic nitrogens is 1. The lowest BCUT2D eigenvalue weighted by atomic mass is 10.1. The van der Waals surface area contributed by atoms with Gasteiger partial charge in [-0.2, -0.15) is 0 Å². The number of amides is 1. The average molecular weight is 303 g/mol. The van der Waals surface area contributed by atoms with Crippen LogP contribution in [0, 0.1) is 12.7 Å². The number of fused-ring (bicyclic) bond motifs is 1. The summed E-state index contributed by atoms with van der Waals surface area (Å²) in [5.41, 5.74) is 2.53. The van der Waals surface area contributed by atoms with Gasteiger partial charge in [0.25, 0.3) is 5.91 Å². The SMILES string of the molecule is Cc1c(Cl)cccc1NC(=O)c1c[nH]c2ccc(F)cc12. The van der Waals surface area contributed by atoms with E-state index in [2.05, 4.69) is 10.3 Å². The maximum Gasteiger partial charge on any atom is 0.257 e. The third-order valence-corrected chi connectivity index (χ3v) is 3.81. The quantitative estimate of drug-likeness (QED) is 0.718. The Morgan fingerprint density at radius 2 is 2.10 bits per heavy atom. The van der Waals surface area contributed by atoms with Crippen molar-refractivity contribution in [1.82, 2.24) is 4.98 Å². The molecule has 2 aromatic carbocycles. The van der Waals surface area contributed by atoms with Crippen LogP contribution in [-0.4, -0.2) is 10.9 Å². The fraction of sp³-hybridized carbons (Fsp3) is 0.0625. The highest BCUT2D eigenvalue weighted by atomic mass is 35.5. The molecule has 2 N–H and O–H groups in total. The third kappa shape index (κ3) is 2.50. The minimum atomic E-state index is -0.380. The predicted molar refractivity (Wildman–Crippen MR) is 82.4 cm³/mol. The van der Waals surface area contributed by atoms with Crippen LogP contribution in [0.4, 0.5) is 10.1 Å². The minimum absolute atomic E-state index is 0.308. The van der Waals surface area contributed by atoms with Gasteiger partial charge < -0.3 is 10.3 Å². The summed E-state index contributed by atoms with van der Waals surface area (Å²) in [7, 11) is 0. The second kappa shape index (κ2) is 5.22. The molecule has 0 atom stereocenters. The van der Waals surface area contributed by atoms with E-state index in [0.29, 0.717) is 27.2 Å². The van der Waals surface area contributed by atoms with Crippen LogP contribution in [0.1, 0.15) is 15.9 Å². The van der Waals surface area contributed by atoms with Crippen molar-refractivity contribution in [3.8, 4) is 0 Å². The zero-order valence-corrected chi connectivity index (χ0v) is 12.0. The summed E-state index contributed by atoms with van der Waals surface area (Å²) in [4.78, 5) is 15.3. The first-order chi connectivity index (χ1) is 10.1. The van der Waals surface area contributed by atoms with E-state index in [0.717, 1.165) is 5.56 Å². The normalized spacial score (nSPS) is 10.8. The summed E-state index contributed by atoms with van der Waals surface area (Å²) >= 11 is 6.03. The highest BCUT2D eigenvalue weighted by molar-refractivity contribution is 6.31. The van der Waals surface area contributed by atoms with E-state index in [9.17, 15) is 9.18 Å². The van der Waals surface area contributed by atoms with Crippen molar-refractivity contribution < 1.29 is 9.18 Å². The minimum Gasteiger partial charge on any atom is -0.360 e. The molecule has 0 aliphatic rings. The highest BCUT2D eigenvalue weighted by Gasteiger charge is 2.14. The molecule has 1 aromatic heterocycles. The van der Waals surface area contributed by atoms with Crippen molar-refractivity contribution in [3.63, 3.8) is 0 Å². The number of H-pyrrole nitrogens is 1. The van der Waals surface area contributed by atoms with Gasteiger partial charge in [-0.15, -0.1) is 0 Å². The largest absolute Gasteiger partial charge is 0.360 e. The molecule has 106 valence electrons. The first kappa shape index (κ1) is 13.6. The molecule has 0 fully saturated rings. The predicted octanol–water partition coefficient (Wildman–Crippen LogP) is 4.52. The summed E-state index contributed by atoms with van der Waals surface area (Å²) in [6.45, 7) is 1.83. The van der Waals surface area contributed by atoms with Crippen LogP contribution in [0.5, 0.6) is 0 Å². The molecule has 0 spiro atoms. The van der Waals surface area contributed by atoms with Crippen LogP contribution in [0.15, 0.2) is 42.6 Å². The molecule has 0 aliphatic heterocycles. The molecule has 3 rings (SSSR count). The summed E-state index contributed by atoms with van der Waals surface area (Å²) in [5, 5.41) is 3.93. The van der Waals surface area contributed by atoms with Crippen molar-refractivity contribution in [2.24, 2.45) is 0 Å². The molecule has 0 saturated heterocycles. The van der Waals surface area contributed by atoms with E-state index in [1.165, 1.54) is 12.1 Å². The Morgan fingerprint density at radius 1 is 1.29 bits per heavy atom. The monoisotopic (exact) mass is 302 g/mol. The standard InChI is InChI=1S/C16H12ClFN2O/c1-9-13(17)3-2-4-14(9)20-16(21)12-8-19-15-6-5-10(18)7-11(12)15/h2-8,19H,1H3,(H,20,21). The Kier molecular flexibility index (Phi) is 3.39. The van der Waals surface area contributed by atoms with E-state index < -0.39 is 0 Å². The van der Waals surface area contributed by atoms with Crippen LogP contribution >= 0.6 is 11.6 Å². The maximum atomic E-state index is 13.3. The second-order valence-corrected chi connectivity index (χ2v) is 5.17. The van der Waals surface area contributed by atoms with Crippen LogP contribution in [-0.2, 0) is 0 Å². The number of hydrogen-bond acceptors (Lipinski definition) is 1. The number of carbonyl (C=O) groups excluding carboxylic acids is 1. The Morgan fingerprint density at radius 3 is 2.90 bits per heavy atom. The Labute approximate surface area is 125 Å². The van der Waals surface area contributed by atoms with Crippen molar-refractivity contribution >= 4 is 34.1 Å². The number of nitrogens with one attached hydrogen (secondary N) is 2. The molecule has 3 nitrogen and oxygen atoms in total. The van der Waals surface area contributed by atoms with E-state index >= 15 is 0 Å². The lowest BCUT2D eigenvalue weighted by Gasteiger charge is -2.09. The highest BCUT2D eigenvalue weighted by Crippen LogP contribution is 2.25. The molecule has 5 heteroatoms. The number of carbonyl (C=O) groups is 1. The Hall–Kier alpha value is -2.33. The first-order valence-corrected chi connectivity index (χ1v) is 6.77. The molecule has 0 aliphatic carbocycles. The second-order valence-electron chi connectivity index (χ2n) is 4.76. The van der Waals surface area contributed by atoms with Crippen molar-refractivity contribution in [2.45, 2.75) is 6.92 Å². The molecule has 0 unspecified atom stereocenters. The number of rotatable bonds is 2. The van der Waals surface area contributed by atoms with Gasteiger partial charge in [0, 0.05) is 27.8 Å². The van der Waals surface area contributed by atoms with Gasteiger partial charge in [0.2, 0.25) is 0 Å². The van der Waals surface area contributed by atoms with Crippen molar-refractivity contribution in [3.05, 3.63) is 64.6 Å². The summed E-state index contributed by atoms with van der Waals surface area (Å²) in [6.07, 6.45) is 1.57. The van der Waals surface area contributed by atoms with Gasteiger partial charge in [-0.25, -0.2) is 4.39 Å². The maximum absolute atomic E-state index is 13.3. The molecule has 1 heterocycles. The summed E-state index contributed by atoms with van der Waals surface area (Å²) in [5.74, 6) is -0.688. The van der Waals surface area contributed by atoms with Crippen LogP contribution in [0.3, 0.4) is 0 Å². The lowest BCUT2D eigenvalue weighted by Crippen LogP contribution is -2.12. The Bertz CT molecular complexity index is 841. The number of benzene rings is 2. The van der Waals surface area contributed by atoms with Gasteiger partial charge in [0.1, 0.15) is 5.82 Å². The van der Waals surface area contributed by atoms with Crippen molar-refractivity contribution in [1.29, 1.82) is 0 Å². The number of aromatic amines is 1. The third-order valence-electron chi connectivity index (χ3n) is 3.40. The van der Waals surface area contributed by atoms with Gasteiger partial charge in [-0.05, 0) is 42.8 Å². The molecule has 0 saturated carbocycles. The summed E-state index contributed by atoms with van der Waals surface area (Å²) in [6, 6.07) is 9.58. The zero-order chi connectivity index (χ0) is 15.0. The average Bonchev–Trinajstić information content (AvgIpc) is 2.87. The number of hydrogen-bond donors (Lipinski definition) is 2. The van der Waals surface area contributed by atoms with Crippen molar-refractivity contribution in [2.75, 3.05) is 5.32 Å². The molecular formula is C16H12ClFN2O. The van der Waals surface area contributed by atoms with Crippen LogP contribution < -0.4 is 5.32 Å². The smallest absolute Gasteiger partial charge is 0.257 e. The first-order valence-electron chi connectivity index (χ1n) is 6.39. The fourth-order valence-corrected chi connectivity index (χ4v) is 2.39. The topological polar surface area (TPSA) is 44.9 Å². The molecule has 1 amide bonds. The number of anilines is 1. The molecule has 21 heavy (non-hydrogen) atoms. The van der Waals surface area contributed by atoms with E-state index in [1.54, 1.807) is 30.5 Å². The van der Waals surface area contributed by atoms with Gasteiger partial charge in [0.15, 0.2) is 0 Å². The van der Waals surface area contributed by atoms with Gasteiger partial charge in [0.05, 0.1) is 5.56 Å². The summed E-state index contributed by atoms with van der Waals surface area (Å²) < 4.78 is 13.3. The number of halogens is 2. The van der Waals surface area contributed by atoms with E-state index in [1.807, 2.05) is 6.92 Å². The Balaban J connectivity index is 1.97. The van der Waals surface area contributed by atoms with E-state index in [4.69, 9.17) is 11.6 Å². The van der Waals surface area contributed by atoms with Gasteiger partial charge in [-0.3, -0.25) is 4.79 Å². The zero-order valence-electron chi connectivity index (χ0n) is 11.2. The molecule has 0 radical (unpaired) electrons. The molecule has 0 bridgehead atoms. The van der Waals surface area contributed by atoms with Crippen LogP contribution in [0.25, 0.3) is 10.9 Å². The van der Waals surface area contributed by atoms with E-state index in [-0.39, 0.29) is 11.7 Å². The molecule has 3 aromatic rings. The lowest BCUT2D eigenvalue weighted by molar-refractivity contribution is 0.102.